The summed E-state index contributed by atoms with van der Waals surface area (Å²) >= 11 is 0. The SMILES string of the molecule is O=C(c1ccc(C(F)(F)F)cn1)N1CCN(c2cc(OC3CCC(Nc4ccc([N+](=O)[O-])c(C(F)(F)F)c4)CC3)ccn2)CC1. The van der Waals surface area contributed by atoms with E-state index in [0.717, 1.165) is 24.3 Å². The van der Waals surface area contributed by atoms with Gasteiger partial charge in [-0.2, -0.15) is 26.3 Å². The lowest BCUT2D eigenvalue weighted by molar-refractivity contribution is -0.388. The van der Waals surface area contributed by atoms with Crippen molar-refractivity contribution in [1.29, 1.82) is 0 Å². The number of piperazine rings is 1. The Morgan fingerprint density at radius 2 is 1.62 bits per heavy atom. The van der Waals surface area contributed by atoms with Crippen molar-refractivity contribution in [2.75, 3.05) is 36.4 Å². The standard InChI is InChI=1S/C29H28F6N6O4/c30-28(31,32)18-1-7-24(37-17-18)27(42)40-13-11-39(12-14-40)26-16-22(9-10-36-26)45-21-5-2-19(3-6-21)38-20-4-8-25(41(43)44)23(15-20)29(33,34)35/h1,4,7-10,15-17,19,21,38H,2-3,5-6,11-14H2. The Hall–Kier alpha value is -4.63. The van der Waals surface area contributed by atoms with Crippen LogP contribution in [0.4, 0.5) is 43.5 Å². The van der Waals surface area contributed by atoms with Gasteiger partial charge in [-0.15, -0.1) is 0 Å². The van der Waals surface area contributed by atoms with Crippen LogP contribution in [0.15, 0.2) is 54.9 Å². The number of nitro groups is 1. The molecule has 0 radical (unpaired) electrons. The third-order valence-corrected chi connectivity index (χ3v) is 7.76. The number of alkyl halides is 6. The molecule has 1 saturated heterocycles. The van der Waals surface area contributed by atoms with Gasteiger partial charge in [0, 0.05) is 62.4 Å². The molecule has 2 aliphatic rings. The number of ether oxygens (including phenoxy) is 1. The van der Waals surface area contributed by atoms with Crippen molar-refractivity contribution >= 4 is 23.1 Å². The average Bonchev–Trinajstić information content (AvgIpc) is 3.01. The number of hydrogen-bond acceptors (Lipinski definition) is 8. The highest BCUT2D eigenvalue weighted by Crippen LogP contribution is 2.38. The van der Waals surface area contributed by atoms with E-state index in [1.54, 1.807) is 18.3 Å². The summed E-state index contributed by atoms with van der Waals surface area (Å²) in [6.07, 6.45) is -4.77. The first-order valence-electron chi connectivity index (χ1n) is 14.1. The molecule has 1 aliphatic heterocycles. The smallest absolute Gasteiger partial charge is 0.423 e. The number of aromatic nitrogens is 2. The van der Waals surface area contributed by atoms with E-state index in [1.807, 2.05) is 4.90 Å². The van der Waals surface area contributed by atoms with Gasteiger partial charge in [0.15, 0.2) is 0 Å². The lowest BCUT2D eigenvalue weighted by Crippen LogP contribution is -2.49. The maximum absolute atomic E-state index is 13.3. The summed E-state index contributed by atoms with van der Waals surface area (Å²) in [5.74, 6) is 0.781. The van der Waals surface area contributed by atoms with Gasteiger partial charge in [-0.1, -0.05) is 0 Å². The molecule has 1 aromatic carbocycles. The number of amides is 1. The zero-order valence-corrected chi connectivity index (χ0v) is 23.6. The van der Waals surface area contributed by atoms with Gasteiger partial charge in [-0.3, -0.25) is 19.9 Å². The Morgan fingerprint density at radius 1 is 0.911 bits per heavy atom. The number of pyridine rings is 2. The Morgan fingerprint density at radius 3 is 2.22 bits per heavy atom. The molecule has 1 N–H and O–H groups in total. The fraction of sp³-hybridized carbons (Fsp3) is 0.414. The number of benzene rings is 1. The second kappa shape index (κ2) is 12.8. The molecule has 1 amide bonds. The first-order chi connectivity index (χ1) is 21.3. The minimum absolute atomic E-state index is 0.0614. The molecule has 3 heterocycles. The van der Waals surface area contributed by atoms with Crippen molar-refractivity contribution in [3.05, 3.63) is 81.8 Å². The molecule has 5 rings (SSSR count). The number of nitrogens with zero attached hydrogens (tertiary/aromatic N) is 5. The second-order valence-corrected chi connectivity index (χ2v) is 10.8. The normalized spacial score (nSPS) is 19.2. The summed E-state index contributed by atoms with van der Waals surface area (Å²) in [4.78, 5) is 34.3. The number of nitrogens with one attached hydrogen (secondary N) is 1. The van der Waals surface area contributed by atoms with Crippen molar-refractivity contribution in [1.82, 2.24) is 14.9 Å². The predicted molar refractivity (Wildman–Crippen MR) is 150 cm³/mol. The van der Waals surface area contributed by atoms with Gasteiger partial charge in [0.25, 0.3) is 11.6 Å². The lowest BCUT2D eigenvalue weighted by Gasteiger charge is -2.35. The molecular formula is C29H28F6N6O4. The highest BCUT2D eigenvalue weighted by molar-refractivity contribution is 5.92. The topological polar surface area (TPSA) is 114 Å². The van der Waals surface area contributed by atoms with Crippen LogP contribution >= 0.6 is 0 Å². The molecule has 1 saturated carbocycles. The van der Waals surface area contributed by atoms with Gasteiger partial charge >= 0.3 is 12.4 Å². The minimum Gasteiger partial charge on any atom is -0.490 e. The summed E-state index contributed by atoms with van der Waals surface area (Å²) in [7, 11) is 0. The number of hydrogen-bond donors (Lipinski definition) is 1. The van der Waals surface area contributed by atoms with E-state index in [4.69, 9.17) is 4.74 Å². The Kier molecular flexibility index (Phi) is 9.02. The molecule has 0 spiro atoms. The van der Waals surface area contributed by atoms with Gasteiger partial charge in [-0.25, -0.2) is 4.98 Å². The quantitative estimate of drug-likeness (QED) is 0.185. The van der Waals surface area contributed by atoms with Crippen LogP contribution in [0.2, 0.25) is 0 Å². The highest BCUT2D eigenvalue weighted by atomic mass is 19.4. The van der Waals surface area contributed by atoms with E-state index in [2.05, 4.69) is 15.3 Å². The van der Waals surface area contributed by atoms with E-state index in [0.29, 0.717) is 69.6 Å². The molecule has 240 valence electrons. The molecule has 45 heavy (non-hydrogen) atoms. The molecule has 0 bridgehead atoms. The first-order valence-corrected chi connectivity index (χ1v) is 14.1. The number of carbonyl (C=O) groups excluding carboxylic acids is 1. The third-order valence-electron chi connectivity index (χ3n) is 7.76. The van der Waals surface area contributed by atoms with Crippen LogP contribution in [0, 0.1) is 10.1 Å². The number of rotatable bonds is 7. The molecule has 1 aliphatic carbocycles. The molecule has 0 atom stereocenters. The summed E-state index contributed by atoms with van der Waals surface area (Å²) < 4.78 is 84.5. The van der Waals surface area contributed by atoms with Gasteiger partial charge in [-0.05, 0) is 56.0 Å². The van der Waals surface area contributed by atoms with Gasteiger partial charge in [0.2, 0.25) is 0 Å². The average molecular weight is 639 g/mol. The fourth-order valence-electron chi connectivity index (χ4n) is 5.40. The van der Waals surface area contributed by atoms with Crippen molar-refractivity contribution < 1.29 is 40.8 Å². The van der Waals surface area contributed by atoms with Gasteiger partial charge in [0.1, 0.15) is 22.8 Å². The van der Waals surface area contributed by atoms with Crippen LogP contribution in [0.25, 0.3) is 0 Å². The van der Waals surface area contributed by atoms with Crippen LogP contribution in [-0.2, 0) is 12.4 Å². The molecule has 2 aromatic heterocycles. The highest BCUT2D eigenvalue weighted by Gasteiger charge is 2.39. The van der Waals surface area contributed by atoms with Crippen molar-refractivity contribution in [2.24, 2.45) is 0 Å². The van der Waals surface area contributed by atoms with E-state index >= 15 is 0 Å². The molecule has 2 fully saturated rings. The Labute approximate surface area is 253 Å². The van der Waals surface area contributed by atoms with Crippen molar-refractivity contribution in [2.45, 2.75) is 50.2 Å². The molecule has 3 aromatic rings. The molecular weight excluding hydrogens is 610 g/mol. The lowest BCUT2D eigenvalue weighted by atomic mass is 9.92. The monoisotopic (exact) mass is 638 g/mol. The fourth-order valence-corrected chi connectivity index (χ4v) is 5.40. The maximum Gasteiger partial charge on any atom is 0.423 e. The minimum atomic E-state index is -4.85. The Bertz CT molecular complexity index is 1520. The van der Waals surface area contributed by atoms with Gasteiger partial charge in [0.05, 0.1) is 16.6 Å². The molecule has 0 unspecified atom stereocenters. The van der Waals surface area contributed by atoms with E-state index in [9.17, 15) is 41.3 Å². The van der Waals surface area contributed by atoms with Crippen molar-refractivity contribution in [3.63, 3.8) is 0 Å². The van der Waals surface area contributed by atoms with Crippen LogP contribution in [0.1, 0.15) is 47.3 Å². The second-order valence-electron chi connectivity index (χ2n) is 10.8. The maximum atomic E-state index is 13.3. The molecule has 10 nitrogen and oxygen atoms in total. The molecule has 16 heteroatoms. The summed E-state index contributed by atoms with van der Waals surface area (Å²) in [5.41, 5.74) is -3.12. The number of nitro benzene ring substituents is 1. The van der Waals surface area contributed by atoms with Crippen LogP contribution < -0.4 is 15.0 Å². The van der Waals surface area contributed by atoms with Crippen LogP contribution in [0.3, 0.4) is 0 Å². The van der Waals surface area contributed by atoms with Crippen molar-refractivity contribution in [3.8, 4) is 5.75 Å². The van der Waals surface area contributed by atoms with Gasteiger partial charge < -0.3 is 19.9 Å². The first kappa shape index (κ1) is 31.8. The number of carbonyl (C=O) groups is 1. The zero-order valence-electron chi connectivity index (χ0n) is 23.6. The van der Waals surface area contributed by atoms with E-state index in [-0.39, 0.29) is 23.5 Å². The zero-order chi connectivity index (χ0) is 32.4. The summed E-state index contributed by atoms with van der Waals surface area (Å²) in [6, 6.07) is 8.18. The number of anilines is 2. The Balaban J connectivity index is 1.11. The van der Waals surface area contributed by atoms with E-state index in [1.165, 1.54) is 11.0 Å². The van der Waals surface area contributed by atoms with E-state index < -0.39 is 40.0 Å². The van der Waals surface area contributed by atoms with Crippen LogP contribution in [-0.4, -0.2) is 64.0 Å². The third kappa shape index (κ3) is 7.72. The number of halogens is 6. The summed E-state index contributed by atoms with van der Waals surface area (Å²) in [6.45, 7) is 1.53. The largest absolute Gasteiger partial charge is 0.490 e. The van der Waals surface area contributed by atoms with Crippen LogP contribution in [0.5, 0.6) is 5.75 Å². The summed E-state index contributed by atoms with van der Waals surface area (Å²) in [5, 5.41) is 14.1. The predicted octanol–water partition coefficient (Wildman–Crippen LogP) is 6.19.